The van der Waals surface area contributed by atoms with E-state index in [1.165, 1.54) is 37.3 Å². The van der Waals surface area contributed by atoms with Crippen molar-refractivity contribution in [1.82, 2.24) is 36.5 Å². The van der Waals surface area contributed by atoms with Gasteiger partial charge in [0.05, 0.1) is 12.6 Å². The number of rotatable bonds is 23. The highest BCUT2D eigenvalue weighted by Gasteiger charge is 2.39. The van der Waals surface area contributed by atoms with Gasteiger partial charge < -0.3 is 47.3 Å². The lowest BCUT2D eigenvalue weighted by Crippen LogP contribution is -2.59. The number of nitrogens with one attached hydrogen (secondary N) is 6. The molecule has 1 aliphatic rings. The van der Waals surface area contributed by atoms with Crippen LogP contribution in [0.25, 0.3) is 10.9 Å². The number of hydrogen-bond donors (Lipinski definition) is 8. The Morgan fingerprint density at radius 2 is 1.52 bits per heavy atom. The minimum Gasteiger partial charge on any atom is -0.480 e. The zero-order valence-electron chi connectivity index (χ0n) is 34.6. The van der Waals surface area contributed by atoms with Crippen molar-refractivity contribution in [2.24, 2.45) is 5.73 Å². The molecule has 1 aromatic carbocycles. The van der Waals surface area contributed by atoms with Crippen LogP contribution in [0.3, 0.4) is 0 Å². The van der Waals surface area contributed by atoms with E-state index in [0.29, 0.717) is 38.0 Å². The third kappa shape index (κ3) is 16.9. The summed E-state index contributed by atoms with van der Waals surface area (Å²) in [5, 5.41) is 24.8. The molecule has 2 heterocycles. The highest BCUT2D eigenvalue weighted by Crippen LogP contribution is 2.36. The fourth-order valence-electron chi connectivity index (χ4n) is 6.04. The van der Waals surface area contributed by atoms with E-state index in [9.17, 15) is 33.9 Å². The molecule has 0 radical (unpaired) electrons. The maximum atomic E-state index is 14.4. The van der Waals surface area contributed by atoms with E-state index < -0.39 is 72.3 Å². The number of likely N-dealkylation sites (tertiary alicyclic amines) is 1. The lowest BCUT2D eigenvalue weighted by Gasteiger charge is -2.29. The Balaban J connectivity index is 1.84. The number of carbonyl (C=O) groups excluding carboxylic acids is 5. The van der Waals surface area contributed by atoms with E-state index in [4.69, 9.17) is 5.73 Å². The Morgan fingerprint density at radius 3 is 2.17 bits per heavy atom. The molecule has 0 spiro atoms. The summed E-state index contributed by atoms with van der Waals surface area (Å²) in [6, 6.07) is 2.40. The van der Waals surface area contributed by atoms with Crippen molar-refractivity contribution >= 4 is 89.6 Å². The van der Waals surface area contributed by atoms with Crippen LogP contribution < -0.4 is 32.3 Å². The molecule has 0 unspecified atom stereocenters. The number of carboxylic acids is 1. The Labute approximate surface area is 358 Å². The smallest absolute Gasteiger partial charge is 0.326 e. The van der Waals surface area contributed by atoms with Gasteiger partial charge in [-0.05, 0) is 57.3 Å². The number of nitrogens with two attached hydrogens (primary N) is 1. The van der Waals surface area contributed by atoms with Gasteiger partial charge in [0, 0.05) is 51.1 Å². The van der Waals surface area contributed by atoms with Crippen LogP contribution in [0.15, 0.2) is 30.5 Å². The molecule has 19 heteroatoms. The van der Waals surface area contributed by atoms with Crippen LogP contribution in [0.5, 0.6) is 0 Å². The minimum atomic E-state index is -1.19. The number of para-hydroxylation sites is 1. The molecule has 1 aromatic heterocycles. The van der Waals surface area contributed by atoms with Gasteiger partial charge in [0.1, 0.15) is 24.2 Å². The molecular formula is C39H62N8O7S4. The average molecular weight is 883 g/mol. The van der Waals surface area contributed by atoms with Gasteiger partial charge in [-0.2, -0.15) is 0 Å². The van der Waals surface area contributed by atoms with Gasteiger partial charge in [0.25, 0.3) is 0 Å². The van der Waals surface area contributed by atoms with E-state index in [-0.39, 0.29) is 34.6 Å². The molecule has 3 rings (SSSR count). The van der Waals surface area contributed by atoms with E-state index in [1.807, 2.05) is 52.1 Å². The summed E-state index contributed by atoms with van der Waals surface area (Å²) in [5.41, 5.74) is 7.65. The van der Waals surface area contributed by atoms with Crippen molar-refractivity contribution in [3.63, 3.8) is 0 Å². The molecule has 1 saturated heterocycles. The van der Waals surface area contributed by atoms with Crippen LogP contribution in [0, 0.1) is 0 Å². The van der Waals surface area contributed by atoms with Crippen LogP contribution in [0.2, 0.25) is 0 Å². The average Bonchev–Trinajstić information content (AvgIpc) is 3.81. The van der Waals surface area contributed by atoms with Gasteiger partial charge in [-0.1, -0.05) is 103 Å². The van der Waals surface area contributed by atoms with Gasteiger partial charge in [0.2, 0.25) is 29.5 Å². The molecule has 1 aliphatic heterocycles. The monoisotopic (exact) mass is 882 g/mol. The first kappa shape index (κ1) is 49.3. The number of fused-ring (bicyclic) bond motifs is 1. The number of hydrogen-bond acceptors (Lipinski definition) is 12. The number of aromatic amines is 1. The fourth-order valence-corrected chi connectivity index (χ4v) is 10.9. The first-order valence-electron chi connectivity index (χ1n) is 19.6. The highest BCUT2D eigenvalue weighted by molar-refractivity contribution is 8.77. The second-order valence-corrected chi connectivity index (χ2v) is 22.6. The molecule has 5 amide bonds. The Hall–Kier alpha value is -3.10. The van der Waals surface area contributed by atoms with Crippen molar-refractivity contribution in [1.29, 1.82) is 0 Å². The van der Waals surface area contributed by atoms with Gasteiger partial charge in [-0.15, -0.1) is 0 Å². The van der Waals surface area contributed by atoms with Crippen LogP contribution in [0.1, 0.15) is 79.2 Å². The van der Waals surface area contributed by atoms with Crippen molar-refractivity contribution < 1.29 is 33.9 Å². The van der Waals surface area contributed by atoms with Crippen molar-refractivity contribution in [3.05, 3.63) is 36.0 Å². The lowest BCUT2D eigenvalue weighted by atomic mass is 10.0. The van der Waals surface area contributed by atoms with E-state index in [2.05, 4.69) is 52.3 Å². The first-order chi connectivity index (χ1) is 27.3. The van der Waals surface area contributed by atoms with Gasteiger partial charge in [0.15, 0.2) is 0 Å². The fraction of sp³-hybridized carbons (Fsp3) is 0.641. The molecular weight excluding hydrogens is 821 g/mol. The zero-order valence-corrected chi connectivity index (χ0v) is 37.9. The maximum Gasteiger partial charge on any atom is 0.326 e. The Morgan fingerprint density at radius 1 is 0.879 bits per heavy atom. The highest BCUT2D eigenvalue weighted by atomic mass is 33.1. The molecule has 324 valence electrons. The van der Waals surface area contributed by atoms with Gasteiger partial charge in [-0.3, -0.25) is 24.0 Å². The summed E-state index contributed by atoms with van der Waals surface area (Å²) in [6.07, 6.45) is 4.20. The minimum absolute atomic E-state index is 0.0126. The summed E-state index contributed by atoms with van der Waals surface area (Å²) in [4.78, 5) is 84.9. The number of carbonyl (C=O) groups is 6. The standard InChI is InChI=1S/C39H62N8O7S4/c1-38(2,3)57-55-22-26(40)33(49)43-21-32(48)44-28(15-10-11-17-41-7)34(50)45-29(19-24-20-42-27-14-9-8-13-25(24)27)35(51)46-30(23-56-58-39(4,5)6)36(52)47-18-12-16-31(47)37(53)54/h8-9,13-14,20,26,28-31,41-42H,10-12,15-19,21-23,40H2,1-7H3,(H,43,49)(H,44,48)(H,45,50)(H,46,51)(H,53,54)/t26-,28-,29-,30-,31-/m0/s1. The summed E-state index contributed by atoms with van der Waals surface area (Å²) < 4.78 is -0.168. The number of nitrogens with zero attached hydrogens (tertiary/aromatic N) is 1. The SMILES string of the molecule is CNCCCC[C@H](NC(=O)CNC(=O)[C@@H](N)CSSC(C)(C)C)C(=O)N[C@@H](Cc1c[nH]c2ccccc12)C(=O)N[C@@H](CSSC(C)(C)C)C(=O)N1CCC[C@H]1C(=O)O. The van der Waals surface area contributed by atoms with Crippen LogP contribution in [-0.2, 0) is 35.2 Å². The van der Waals surface area contributed by atoms with E-state index in [1.54, 1.807) is 17.0 Å². The summed E-state index contributed by atoms with van der Waals surface area (Å²) in [6.45, 7) is 12.8. The third-order valence-electron chi connectivity index (χ3n) is 8.85. The molecule has 5 atom stereocenters. The molecule has 1 fully saturated rings. The van der Waals surface area contributed by atoms with Gasteiger partial charge >= 0.3 is 5.97 Å². The molecule has 2 aromatic rings. The summed E-state index contributed by atoms with van der Waals surface area (Å²) in [5.74, 6) is -3.41. The normalized spacial score (nSPS) is 16.6. The van der Waals surface area contributed by atoms with Crippen LogP contribution in [0.4, 0.5) is 0 Å². The zero-order chi connectivity index (χ0) is 43.0. The maximum absolute atomic E-state index is 14.4. The van der Waals surface area contributed by atoms with Crippen molar-refractivity contribution in [2.45, 2.75) is 120 Å². The molecule has 0 bridgehead atoms. The predicted octanol–water partition coefficient (Wildman–Crippen LogP) is 3.43. The Bertz CT molecular complexity index is 1700. The summed E-state index contributed by atoms with van der Waals surface area (Å²) >= 11 is 0. The molecule has 58 heavy (non-hydrogen) atoms. The molecule has 9 N–H and O–H groups in total. The number of H-pyrrole nitrogens is 1. The quantitative estimate of drug-likeness (QED) is 0.0592. The predicted molar refractivity (Wildman–Crippen MR) is 239 cm³/mol. The molecule has 0 saturated carbocycles. The van der Waals surface area contributed by atoms with Crippen LogP contribution >= 0.6 is 43.2 Å². The van der Waals surface area contributed by atoms with Crippen molar-refractivity contribution in [3.8, 4) is 0 Å². The van der Waals surface area contributed by atoms with Gasteiger partial charge in [-0.25, -0.2) is 4.79 Å². The lowest BCUT2D eigenvalue weighted by molar-refractivity contribution is -0.149. The number of carboxylic acid groups (broad SMARTS) is 1. The van der Waals surface area contributed by atoms with E-state index in [0.717, 1.165) is 16.5 Å². The second kappa shape index (κ2) is 23.6. The third-order valence-corrected chi connectivity index (χ3v) is 15.6. The number of aromatic nitrogens is 1. The molecule has 15 nitrogen and oxygen atoms in total. The van der Waals surface area contributed by atoms with E-state index >= 15 is 0 Å². The second-order valence-electron chi connectivity index (χ2n) is 16.2. The van der Waals surface area contributed by atoms with Crippen molar-refractivity contribution in [2.75, 3.05) is 38.2 Å². The Kier molecular flexibility index (Phi) is 20.1. The first-order valence-corrected chi connectivity index (χ1v) is 24.2. The number of aliphatic carboxylic acids is 1. The largest absolute Gasteiger partial charge is 0.480 e. The number of amides is 5. The molecule has 0 aliphatic carbocycles. The number of benzene rings is 1. The van der Waals surface area contributed by atoms with Crippen LogP contribution in [-0.4, -0.2) is 128 Å². The number of unbranched alkanes of at least 4 members (excludes halogenated alkanes) is 1. The summed E-state index contributed by atoms with van der Waals surface area (Å²) in [7, 11) is 7.83. The topological polar surface area (TPSA) is 228 Å².